The van der Waals surface area contributed by atoms with Crippen LogP contribution in [0.15, 0.2) is 65.3 Å². The number of benzene rings is 1. The molecule has 0 saturated heterocycles. The van der Waals surface area contributed by atoms with Crippen LogP contribution in [-0.4, -0.2) is 27.3 Å². The van der Waals surface area contributed by atoms with Gasteiger partial charge >= 0.3 is 0 Å². The minimum absolute atomic E-state index is 0.256. The van der Waals surface area contributed by atoms with E-state index in [4.69, 9.17) is 4.42 Å². The van der Waals surface area contributed by atoms with Gasteiger partial charge in [-0.3, -0.25) is 9.48 Å². The van der Waals surface area contributed by atoms with E-state index in [0.717, 1.165) is 5.56 Å². The van der Waals surface area contributed by atoms with Crippen molar-refractivity contribution in [3.63, 3.8) is 0 Å². The van der Waals surface area contributed by atoms with Crippen LogP contribution in [0.4, 0.5) is 0 Å². The Bertz CT molecular complexity index is 766. The summed E-state index contributed by atoms with van der Waals surface area (Å²) in [6.07, 6.45) is 3.36. The van der Waals surface area contributed by atoms with Crippen molar-refractivity contribution in [2.45, 2.75) is 19.1 Å². The molecule has 6 heteroatoms. The summed E-state index contributed by atoms with van der Waals surface area (Å²) in [5.41, 5.74) is 0.839. The molecule has 2 heterocycles. The summed E-state index contributed by atoms with van der Waals surface area (Å²) in [5, 5.41) is 16.9. The molecule has 1 atom stereocenters. The molecule has 24 heavy (non-hydrogen) atoms. The predicted octanol–water partition coefficient (Wildman–Crippen LogP) is 2.38. The summed E-state index contributed by atoms with van der Waals surface area (Å²) in [7, 11) is 0. The molecule has 0 aliphatic heterocycles. The smallest absolute Gasteiger partial charge is 0.286 e. The summed E-state index contributed by atoms with van der Waals surface area (Å²) >= 11 is 0. The fourth-order valence-corrected chi connectivity index (χ4v) is 2.39. The van der Waals surface area contributed by atoms with Crippen LogP contribution in [0.25, 0.3) is 0 Å². The first kappa shape index (κ1) is 16.0. The number of nitrogens with one attached hydrogen (secondary N) is 1. The van der Waals surface area contributed by atoms with E-state index in [1.165, 1.54) is 0 Å². The Morgan fingerprint density at radius 1 is 1.21 bits per heavy atom. The van der Waals surface area contributed by atoms with Crippen molar-refractivity contribution >= 4 is 5.91 Å². The molecule has 1 aromatic carbocycles. The van der Waals surface area contributed by atoms with Gasteiger partial charge < -0.3 is 14.8 Å². The molecule has 0 aliphatic carbocycles. The maximum absolute atomic E-state index is 12.1. The van der Waals surface area contributed by atoms with Crippen LogP contribution in [0.1, 0.15) is 34.4 Å². The van der Waals surface area contributed by atoms with Crippen LogP contribution in [0, 0.1) is 0 Å². The lowest BCUT2D eigenvalue weighted by Gasteiger charge is -2.11. The van der Waals surface area contributed by atoms with Gasteiger partial charge in [-0.2, -0.15) is 5.10 Å². The number of rotatable bonds is 7. The topological polar surface area (TPSA) is 80.3 Å². The number of carbonyl (C=O) groups is 1. The monoisotopic (exact) mass is 325 g/mol. The number of furan rings is 1. The number of hydrogen-bond donors (Lipinski definition) is 2. The van der Waals surface area contributed by atoms with Crippen LogP contribution >= 0.6 is 0 Å². The third-order valence-corrected chi connectivity index (χ3v) is 3.65. The second kappa shape index (κ2) is 7.61. The van der Waals surface area contributed by atoms with Gasteiger partial charge in [0.2, 0.25) is 0 Å². The molecule has 0 spiro atoms. The predicted molar refractivity (Wildman–Crippen MR) is 88.4 cm³/mol. The minimum Gasteiger partial charge on any atom is -0.454 e. The van der Waals surface area contributed by atoms with E-state index in [2.05, 4.69) is 10.4 Å². The van der Waals surface area contributed by atoms with Gasteiger partial charge in [-0.25, -0.2) is 0 Å². The highest BCUT2D eigenvalue weighted by molar-refractivity contribution is 5.91. The molecule has 0 aliphatic rings. The highest BCUT2D eigenvalue weighted by Crippen LogP contribution is 2.15. The third-order valence-electron chi connectivity index (χ3n) is 3.65. The van der Waals surface area contributed by atoms with Crippen LogP contribution < -0.4 is 5.32 Å². The second-order valence-electron chi connectivity index (χ2n) is 5.44. The van der Waals surface area contributed by atoms with Gasteiger partial charge in [0, 0.05) is 18.9 Å². The average Bonchev–Trinajstić information content (AvgIpc) is 3.28. The summed E-state index contributed by atoms with van der Waals surface area (Å²) in [6.45, 7) is 0.844. The van der Waals surface area contributed by atoms with Gasteiger partial charge in [-0.1, -0.05) is 30.3 Å². The third kappa shape index (κ3) is 4.11. The van der Waals surface area contributed by atoms with E-state index in [1.807, 2.05) is 42.6 Å². The van der Waals surface area contributed by atoms with Crippen molar-refractivity contribution in [2.24, 2.45) is 0 Å². The van der Waals surface area contributed by atoms with Crippen molar-refractivity contribution in [3.05, 3.63) is 78.0 Å². The maximum atomic E-state index is 12.1. The number of aromatic nitrogens is 2. The van der Waals surface area contributed by atoms with Gasteiger partial charge in [0.25, 0.3) is 5.91 Å². The number of nitrogens with zero attached hydrogens (tertiary/aromatic N) is 2. The first-order chi connectivity index (χ1) is 11.7. The second-order valence-corrected chi connectivity index (χ2v) is 5.44. The van der Waals surface area contributed by atoms with Gasteiger partial charge in [0.05, 0.1) is 12.6 Å². The number of hydrogen-bond acceptors (Lipinski definition) is 4. The van der Waals surface area contributed by atoms with Crippen molar-refractivity contribution in [3.8, 4) is 0 Å². The molecule has 1 amide bonds. The van der Waals surface area contributed by atoms with E-state index in [9.17, 15) is 9.90 Å². The Morgan fingerprint density at radius 3 is 2.79 bits per heavy atom. The van der Waals surface area contributed by atoms with Crippen molar-refractivity contribution in [2.75, 3.05) is 6.54 Å². The quantitative estimate of drug-likeness (QED) is 0.699. The molecule has 0 radical (unpaired) electrons. The van der Waals surface area contributed by atoms with E-state index in [0.29, 0.717) is 25.3 Å². The van der Waals surface area contributed by atoms with Crippen LogP contribution in [0.2, 0.25) is 0 Å². The zero-order chi connectivity index (χ0) is 16.8. The number of aliphatic hydroxyl groups is 1. The number of amides is 1. The van der Waals surface area contributed by atoms with Crippen molar-refractivity contribution in [1.29, 1.82) is 0 Å². The molecule has 2 N–H and O–H groups in total. The highest BCUT2D eigenvalue weighted by atomic mass is 16.4. The fraction of sp³-hybridized carbons (Fsp3) is 0.222. The van der Waals surface area contributed by atoms with E-state index < -0.39 is 6.10 Å². The first-order valence-corrected chi connectivity index (χ1v) is 7.80. The summed E-state index contributed by atoms with van der Waals surface area (Å²) in [4.78, 5) is 12.1. The maximum Gasteiger partial charge on any atom is 0.286 e. The molecule has 3 aromatic rings. The number of carbonyl (C=O) groups excluding carboxylic acids is 1. The molecule has 124 valence electrons. The van der Waals surface area contributed by atoms with E-state index in [-0.39, 0.29) is 11.7 Å². The Balaban J connectivity index is 1.48. The lowest BCUT2D eigenvalue weighted by molar-refractivity contribution is 0.0913. The molecular weight excluding hydrogens is 306 g/mol. The fourth-order valence-electron chi connectivity index (χ4n) is 2.39. The largest absolute Gasteiger partial charge is 0.454 e. The molecule has 0 fully saturated rings. The van der Waals surface area contributed by atoms with E-state index >= 15 is 0 Å². The van der Waals surface area contributed by atoms with Crippen molar-refractivity contribution in [1.82, 2.24) is 15.1 Å². The van der Waals surface area contributed by atoms with Crippen LogP contribution in [0.3, 0.4) is 0 Å². The van der Waals surface area contributed by atoms with Crippen LogP contribution in [0.5, 0.6) is 0 Å². The van der Waals surface area contributed by atoms with Crippen molar-refractivity contribution < 1.29 is 14.3 Å². The van der Waals surface area contributed by atoms with Gasteiger partial charge in [0.15, 0.2) is 5.76 Å². The molecule has 6 nitrogen and oxygen atoms in total. The van der Waals surface area contributed by atoms with Gasteiger partial charge in [0.1, 0.15) is 5.76 Å². The number of aliphatic hydroxyl groups excluding tert-OH is 1. The lowest BCUT2D eigenvalue weighted by atomic mass is 10.1. The Hall–Kier alpha value is -2.86. The molecule has 0 unspecified atom stereocenters. The van der Waals surface area contributed by atoms with Crippen LogP contribution in [-0.2, 0) is 6.54 Å². The highest BCUT2D eigenvalue weighted by Gasteiger charge is 2.12. The van der Waals surface area contributed by atoms with Gasteiger partial charge in [-0.05, 0) is 30.2 Å². The minimum atomic E-state index is -0.599. The summed E-state index contributed by atoms with van der Waals surface area (Å²) in [6, 6.07) is 14.6. The molecule has 0 bridgehead atoms. The Labute approximate surface area is 139 Å². The normalized spacial score (nSPS) is 12.0. The molecular formula is C18H19N3O3. The summed E-state index contributed by atoms with van der Waals surface area (Å²) in [5.74, 6) is 0.626. The zero-order valence-corrected chi connectivity index (χ0v) is 13.1. The average molecular weight is 325 g/mol. The Morgan fingerprint density at radius 2 is 2.04 bits per heavy atom. The lowest BCUT2D eigenvalue weighted by Crippen LogP contribution is -2.25. The van der Waals surface area contributed by atoms with E-state index in [1.54, 1.807) is 23.0 Å². The summed E-state index contributed by atoms with van der Waals surface area (Å²) < 4.78 is 7.24. The molecule has 0 saturated carbocycles. The SMILES string of the molecule is O=C(NCC[C@@H](O)c1ccccc1)c1ccc(Cn2cccn2)o1. The molecule has 2 aromatic heterocycles. The van der Waals surface area contributed by atoms with Gasteiger partial charge in [-0.15, -0.1) is 0 Å². The zero-order valence-electron chi connectivity index (χ0n) is 13.1. The Kier molecular flexibility index (Phi) is 5.08. The first-order valence-electron chi connectivity index (χ1n) is 7.80. The standard InChI is InChI=1S/C18H19N3O3/c22-16(14-5-2-1-3-6-14)9-11-19-18(23)17-8-7-15(24-17)13-21-12-4-10-20-21/h1-8,10,12,16,22H,9,11,13H2,(H,19,23)/t16-/m1/s1. The molecule has 3 rings (SSSR count).